The molecule has 3 heterocycles. The summed E-state index contributed by atoms with van der Waals surface area (Å²) in [4.78, 5) is 12.2. The monoisotopic (exact) mass is 395 g/mol. The van der Waals surface area contributed by atoms with Gasteiger partial charge in [-0.15, -0.1) is 0 Å². The van der Waals surface area contributed by atoms with Crippen LogP contribution in [0, 0.1) is 0 Å². The molecule has 4 aromatic rings. The molecular weight excluding hydrogens is 370 g/mol. The number of fused-ring (bicyclic) bond motifs is 1. The van der Waals surface area contributed by atoms with Crippen LogP contribution < -0.4 is 10.6 Å². The van der Waals surface area contributed by atoms with Crippen molar-refractivity contribution in [1.29, 1.82) is 0 Å². The molecule has 1 aliphatic rings. The van der Waals surface area contributed by atoms with Crippen LogP contribution in [0.5, 0.6) is 0 Å². The highest BCUT2D eigenvalue weighted by Gasteiger charge is 2.14. The van der Waals surface area contributed by atoms with E-state index in [1.807, 2.05) is 24.7 Å². The fourth-order valence-corrected chi connectivity index (χ4v) is 4.05. The Morgan fingerprint density at radius 1 is 0.900 bits per heavy atom. The van der Waals surface area contributed by atoms with Gasteiger partial charge in [-0.05, 0) is 67.2 Å². The zero-order valence-corrected chi connectivity index (χ0v) is 16.8. The molecule has 1 fully saturated rings. The molecule has 0 saturated carbocycles. The number of aromatic nitrogens is 3. The molecule has 0 aliphatic carbocycles. The van der Waals surface area contributed by atoms with Crippen molar-refractivity contribution in [3.8, 4) is 0 Å². The molecule has 150 valence electrons. The lowest BCUT2D eigenvalue weighted by molar-refractivity contribution is 0.460. The van der Waals surface area contributed by atoms with Gasteiger partial charge in [0.1, 0.15) is 0 Å². The Hall–Kier alpha value is -3.44. The second-order valence-corrected chi connectivity index (χ2v) is 7.73. The number of nitrogens with one attached hydrogen (secondary N) is 3. The quantitative estimate of drug-likeness (QED) is 0.427. The van der Waals surface area contributed by atoms with E-state index < -0.39 is 0 Å². The van der Waals surface area contributed by atoms with Crippen LogP contribution in [0.3, 0.4) is 0 Å². The number of piperidine rings is 1. The molecule has 1 aliphatic heterocycles. The molecule has 2 aromatic carbocycles. The molecule has 0 atom stereocenters. The number of anilines is 2. The summed E-state index contributed by atoms with van der Waals surface area (Å²) in [5.74, 6) is 1.27. The predicted octanol–water partition coefficient (Wildman–Crippen LogP) is 5.34. The first kappa shape index (κ1) is 18.6. The Balaban J connectivity index is 1.24. The van der Waals surface area contributed by atoms with Crippen molar-refractivity contribution in [2.75, 3.05) is 18.4 Å². The third-order valence-corrected chi connectivity index (χ3v) is 5.73. The Bertz CT molecular complexity index is 1140. The number of nitrogens with zero attached hydrogens (tertiary/aromatic N) is 2. The Kier molecular flexibility index (Phi) is 5.27. The first-order chi connectivity index (χ1) is 14.8. The first-order valence-electron chi connectivity index (χ1n) is 10.5. The van der Waals surface area contributed by atoms with Crippen LogP contribution in [0.25, 0.3) is 23.1 Å². The second kappa shape index (κ2) is 8.51. The molecule has 3 N–H and O–H groups in total. The molecule has 5 heteroatoms. The maximum Gasteiger partial charge on any atom is 0.227 e. The molecule has 0 spiro atoms. The van der Waals surface area contributed by atoms with Gasteiger partial charge in [-0.3, -0.25) is 0 Å². The molecule has 0 bridgehead atoms. The zero-order valence-electron chi connectivity index (χ0n) is 16.8. The van der Waals surface area contributed by atoms with Gasteiger partial charge in [0.25, 0.3) is 0 Å². The van der Waals surface area contributed by atoms with Gasteiger partial charge >= 0.3 is 0 Å². The van der Waals surface area contributed by atoms with Gasteiger partial charge in [0.05, 0.1) is 0 Å². The van der Waals surface area contributed by atoms with E-state index in [4.69, 9.17) is 0 Å². The molecular formula is C25H25N5. The number of hydrogen-bond donors (Lipinski definition) is 3. The van der Waals surface area contributed by atoms with Gasteiger partial charge in [-0.2, -0.15) is 0 Å². The molecule has 2 aromatic heterocycles. The summed E-state index contributed by atoms with van der Waals surface area (Å²) in [5, 5.41) is 7.92. The van der Waals surface area contributed by atoms with Crippen molar-refractivity contribution in [2.45, 2.75) is 18.8 Å². The maximum atomic E-state index is 4.46. The van der Waals surface area contributed by atoms with Crippen LogP contribution in [-0.2, 0) is 0 Å². The van der Waals surface area contributed by atoms with E-state index in [9.17, 15) is 0 Å². The fraction of sp³-hybridized carbons (Fsp3) is 0.200. The van der Waals surface area contributed by atoms with Crippen molar-refractivity contribution in [3.63, 3.8) is 0 Å². The van der Waals surface area contributed by atoms with Gasteiger partial charge in [-0.25, -0.2) is 9.97 Å². The van der Waals surface area contributed by atoms with Gasteiger partial charge in [0.2, 0.25) is 5.95 Å². The van der Waals surface area contributed by atoms with Gasteiger partial charge in [0.15, 0.2) is 0 Å². The van der Waals surface area contributed by atoms with Gasteiger partial charge < -0.3 is 15.6 Å². The Morgan fingerprint density at radius 3 is 2.50 bits per heavy atom. The van der Waals surface area contributed by atoms with Crippen LogP contribution >= 0.6 is 0 Å². The number of hydrogen-bond acceptors (Lipinski definition) is 4. The minimum absolute atomic E-state index is 0.606. The van der Waals surface area contributed by atoms with E-state index in [2.05, 4.69) is 80.2 Å². The average molecular weight is 396 g/mol. The summed E-state index contributed by atoms with van der Waals surface area (Å²) >= 11 is 0. The van der Waals surface area contributed by atoms with Crippen molar-refractivity contribution >= 4 is 34.7 Å². The summed E-state index contributed by atoms with van der Waals surface area (Å²) in [6.45, 7) is 2.22. The van der Waals surface area contributed by atoms with E-state index >= 15 is 0 Å². The third-order valence-electron chi connectivity index (χ3n) is 5.73. The van der Waals surface area contributed by atoms with Gasteiger partial charge in [-0.1, -0.05) is 36.4 Å². The summed E-state index contributed by atoms with van der Waals surface area (Å²) in [6.07, 6.45) is 12.2. The number of aromatic amines is 1. The normalized spacial score (nSPS) is 15.1. The van der Waals surface area contributed by atoms with Crippen molar-refractivity contribution < 1.29 is 0 Å². The van der Waals surface area contributed by atoms with Crippen molar-refractivity contribution in [1.82, 2.24) is 20.3 Å². The lowest BCUT2D eigenvalue weighted by Crippen LogP contribution is -2.26. The minimum atomic E-state index is 0.606. The molecule has 1 saturated heterocycles. The van der Waals surface area contributed by atoms with Gasteiger partial charge in [0, 0.05) is 40.7 Å². The fourth-order valence-electron chi connectivity index (χ4n) is 4.05. The Morgan fingerprint density at radius 2 is 1.70 bits per heavy atom. The van der Waals surface area contributed by atoms with E-state index in [0.717, 1.165) is 29.9 Å². The molecule has 0 radical (unpaired) electrons. The largest absolute Gasteiger partial charge is 0.361 e. The zero-order chi connectivity index (χ0) is 20.2. The van der Waals surface area contributed by atoms with Crippen LogP contribution in [0.15, 0.2) is 67.1 Å². The molecule has 5 nitrogen and oxygen atoms in total. The minimum Gasteiger partial charge on any atom is -0.361 e. The third kappa shape index (κ3) is 4.11. The van der Waals surface area contributed by atoms with Crippen molar-refractivity contribution in [2.24, 2.45) is 0 Å². The predicted molar refractivity (Wildman–Crippen MR) is 124 cm³/mol. The van der Waals surface area contributed by atoms with Crippen LogP contribution in [0.4, 0.5) is 11.6 Å². The van der Waals surface area contributed by atoms with Crippen LogP contribution in [0.2, 0.25) is 0 Å². The van der Waals surface area contributed by atoms with E-state index in [1.54, 1.807) is 0 Å². The van der Waals surface area contributed by atoms with Crippen molar-refractivity contribution in [3.05, 3.63) is 83.8 Å². The highest BCUT2D eigenvalue weighted by Crippen LogP contribution is 2.26. The average Bonchev–Trinajstić information content (AvgIpc) is 3.29. The first-order valence-corrected chi connectivity index (χ1v) is 10.5. The smallest absolute Gasteiger partial charge is 0.227 e. The Labute approximate surface area is 176 Å². The van der Waals surface area contributed by atoms with E-state index in [1.165, 1.54) is 29.4 Å². The number of H-pyrrole nitrogens is 1. The molecule has 5 rings (SSSR count). The summed E-state index contributed by atoms with van der Waals surface area (Å²) in [5.41, 5.74) is 5.70. The van der Waals surface area contributed by atoms with Crippen LogP contribution in [-0.4, -0.2) is 28.0 Å². The highest BCUT2D eigenvalue weighted by molar-refractivity contribution is 5.91. The lowest BCUT2D eigenvalue weighted by atomic mass is 9.90. The lowest BCUT2D eigenvalue weighted by Gasteiger charge is -2.23. The number of benzene rings is 2. The summed E-state index contributed by atoms with van der Waals surface area (Å²) < 4.78 is 0. The molecule has 30 heavy (non-hydrogen) atoms. The maximum absolute atomic E-state index is 4.46. The number of rotatable bonds is 5. The highest BCUT2D eigenvalue weighted by atomic mass is 15.1. The molecule has 0 amide bonds. The topological polar surface area (TPSA) is 65.6 Å². The van der Waals surface area contributed by atoms with E-state index in [0.29, 0.717) is 11.9 Å². The second-order valence-electron chi connectivity index (χ2n) is 7.73. The standard InChI is InChI=1S/C25H25N5/c1-2-21(23-12-15-27-24(23)3-1)5-4-18-16-28-25(29-17-18)30-22-8-6-19(7-9-22)20-10-13-26-14-11-20/h1-9,12,15-17,20,26-27H,10-11,13-14H2,(H,28,29,30). The summed E-state index contributed by atoms with van der Waals surface area (Å²) in [6, 6.07) is 17.0. The summed E-state index contributed by atoms with van der Waals surface area (Å²) in [7, 11) is 0. The van der Waals surface area contributed by atoms with Crippen LogP contribution in [0.1, 0.15) is 35.4 Å². The SMILES string of the molecule is C(=Cc1cccc2[nH]ccc12)c1cnc(Nc2ccc(C3CCNCC3)cc2)nc1. The van der Waals surface area contributed by atoms with E-state index in [-0.39, 0.29) is 0 Å². The molecule has 0 unspecified atom stereocenters.